The van der Waals surface area contributed by atoms with Gasteiger partial charge in [-0.25, -0.2) is 9.78 Å². The molecule has 1 aliphatic heterocycles. The summed E-state index contributed by atoms with van der Waals surface area (Å²) in [4.78, 5) is 16.9. The number of carbonyl (C=O) groups is 1. The quantitative estimate of drug-likeness (QED) is 0.613. The van der Waals surface area contributed by atoms with Gasteiger partial charge in [-0.1, -0.05) is 39.0 Å². The molecular weight excluding hydrogens is 318 g/mol. The van der Waals surface area contributed by atoms with Crippen LogP contribution in [0.5, 0.6) is 5.75 Å². The Kier molecular flexibility index (Phi) is 8.35. The van der Waals surface area contributed by atoms with E-state index in [0.717, 1.165) is 37.4 Å². The van der Waals surface area contributed by atoms with Crippen molar-refractivity contribution in [2.75, 3.05) is 25.0 Å². The average Bonchev–Trinajstić information content (AvgIpc) is 2.62. The summed E-state index contributed by atoms with van der Waals surface area (Å²) in [6, 6.07) is 3.94. The number of pyridine rings is 1. The number of nitrogens with one attached hydrogen (secondary N) is 1. The number of piperidine rings is 1. The lowest BCUT2D eigenvalue weighted by Gasteiger charge is -2.31. The van der Waals surface area contributed by atoms with Crippen LogP contribution in [0.15, 0.2) is 18.3 Å². The van der Waals surface area contributed by atoms with E-state index in [1.165, 1.54) is 37.0 Å². The molecule has 2 N–H and O–H groups in total. The Bertz CT molecular complexity index is 507. The number of hydrogen-bond acceptors (Lipinski definition) is 4. The van der Waals surface area contributed by atoms with Gasteiger partial charge in [0.25, 0.3) is 0 Å². The number of unbranched alkanes of at least 4 members (excludes halogenated alkanes) is 5. The predicted molar refractivity (Wildman–Crippen MR) is 99.4 cm³/mol. The first kappa shape index (κ1) is 19.3. The number of hydrogen-bond donors (Lipinski definition) is 2. The molecule has 140 valence electrons. The summed E-state index contributed by atoms with van der Waals surface area (Å²) in [5.41, 5.74) is 0. The molecule has 1 aromatic heterocycles. The molecule has 1 atom stereocenters. The molecule has 1 amide bonds. The smallest absolute Gasteiger partial charge is 0.407 e. The van der Waals surface area contributed by atoms with E-state index in [9.17, 15) is 4.79 Å². The fraction of sp³-hybridized carbons (Fsp3) is 0.684. The topological polar surface area (TPSA) is 74.7 Å². The highest BCUT2D eigenvalue weighted by molar-refractivity contribution is 5.65. The molecule has 0 aliphatic carbocycles. The Morgan fingerprint density at radius 1 is 1.32 bits per heavy atom. The molecule has 1 fully saturated rings. The van der Waals surface area contributed by atoms with Gasteiger partial charge in [-0.2, -0.15) is 0 Å². The lowest BCUT2D eigenvalue weighted by atomic mass is 10.1. The maximum Gasteiger partial charge on any atom is 0.407 e. The molecule has 6 heteroatoms. The first-order valence-electron chi connectivity index (χ1n) is 9.52. The Hall–Kier alpha value is -1.98. The molecule has 1 aliphatic rings. The van der Waals surface area contributed by atoms with Gasteiger partial charge >= 0.3 is 6.09 Å². The molecule has 1 unspecified atom stereocenters. The first-order valence-corrected chi connectivity index (χ1v) is 9.52. The van der Waals surface area contributed by atoms with Crippen molar-refractivity contribution in [3.05, 3.63) is 18.3 Å². The van der Waals surface area contributed by atoms with Gasteiger partial charge in [0.2, 0.25) is 0 Å². The fourth-order valence-corrected chi connectivity index (χ4v) is 3.10. The number of rotatable bonds is 10. The van der Waals surface area contributed by atoms with E-state index in [1.54, 1.807) is 6.20 Å². The summed E-state index contributed by atoms with van der Waals surface area (Å²) >= 11 is 0. The maximum absolute atomic E-state index is 11.1. The second-order valence-corrected chi connectivity index (χ2v) is 6.71. The molecule has 6 nitrogen and oxygen atoms in total. The summed E-state index contributed by atoms with van der Waals surface area (Å²) in [5.74, 6) is 1.55. The Morgan fingerprint density at radius 2 is 2.12 bits per heavy atom. The Balaban J connectivity index is 1.66. The number of nitrogens with zero attached hydrogens (tertiary/aromatic N) is 2. The summed E-state index contributed by atoms with van der Waals surface area (Å²) < 4.78 is 5.73. The van der Waals surface area contributed by atoms with E-state index in [-0.39, 0.29) is 6.04 Å². The fourth-order valence-electron chi connectivity index (χ4n) is 3.10. The van der Waals surface area contributed by atoms with Crippen LogP contribution in [0.2, 0.25) is 0 Å². The van der Waals surface area contributed by atoms with Crippen molar-refractivity contribution in [1.82, 2.24) is 9.88 Å². The van der Waals surface area contributed by atoms with Crippen molar-refractivity contribution in [1.29, 1.82) is 0 Å². The normalized spacial score (nSPS) is 17.3. The third kappa shape index (κ3) is 7.20. The van der Waals surface area contributed by atoms with Crippen LogP contribution < -0.4 is 10.1 Å². The second kappa shape index (κ2) is 10.8. The molecule has 0 aromatic carbocycles. The van der Waals surface area contributed by atoms with Crippen LogP contribution >= 0.6 is 0 Å². The zero-order valence-corrected chi connectivity index (χ0v) is 15.2. The molecule has 0 radical (unpaired) electrons. The minimum absolute atomic E-state index is 0.118. The number of anilines is 1. The van der Waals surface area contributed by atoms with Gasteiger partial charge in [-0.05, 0) is 31.4 Å². The first-order chi connectivity index (χ1) is 12.2. The molecule has 1 aromatic rings. The van der Waals surface area contributed by atoms with Crippen molar-refractivity contribution in [2.45, 2.75) is 64.3 Å². The van der Waals surface area contributed by atoms with Crippen LogP contribution in [0.3, 0.4) is 0 Å². The SMILES string of the molecule is CCCCCCCCOc1ccc(NC2CCCN(C(=O)O)C2)nc1. The molecule has 1 saturated heterocycles. The van der Waals surface area contributed by atoms with E-state index in [0.29, 0.717) is 13.1 Å². The molecular formula is C19H31N3O3. The lowest BCUT2D eigenvalue weighted by Crippen LogP contribution is -2.44. The number of aromatic nitrogens is 1. The number of carboxylic acid groups (broad SMARTS) is 1. The van der Waals surface area contributed by atoms with Gasteiger partial charge in [-0.15, -0.1) is 0 Å². The third-order valence-electron chi connectivity index (χ3n) is 4.55. The highest BCUT2D eigenvalue weighted by Gasteiger charge is 2.23. The minimum Gasteiger partial charge on any atom is -0.492 e. The van der Waals surface area contributed by atoms with Gasteiger partial charge in [0.1, 0.15) is 11.6 Å². The standard InChI is InChI=1S/C19H31N3O3/c1-2-3-4-5-6-7-13-25-17-10-11-18(20-14-17)21-16-9-8-12-22(15-16)19(23)24/h10-11,14,16H,2-9,12-13,15H2,1H3,(H,20,21)(H,23,24). The number of ether oxygens (including phenoxy) is 1. The van der Waals surface area contributed by atoms with Crippen LogP contribution in [0.1, 0.15) is 58.3 Å². The average molecular weight is 349 g/mol. The highest BCUT2D eigenvalue weighted by Crippen LogP contribution is 2.17. The maximum atomic E-state index is 11.1. The summed E-state index contributed by atoms with van der Waals surface area (Å²) in [6.45, 7) is 4.08. The zero-order chi connectivity index (χ0) is 17.9. The van der Waals surface area contributed by atoms with Crippen molar-refractivity contribution in [3.8, 4) is 5.75 Å². The van der Waals surface area contributed by atoms with Crippen molar-refractivity contribution >= 4 is 11.9 Å². The predicted octanol–water partition coefficient (Wildman–Crippen LogP) is 4.38. The lowest BCUT2D eigenvalue weighted by molar-refractivity contribution is 0.133. The van der Waals surface area contributed by atoms with Crippen LogP contribution in [0.4, 0.5) is 10.6 Å². The largest absolute Gasteiger partial charge is 0.492 e. The zero-order valence-electron chi connectivity index (χ0n) is 15.2. The summed E-state index contributed by atoms with van der Waals surface area (Å²) in [5, 5.41) is 12.4. The molecule has 0 spiro atoms. The van der Waals surface area contributed by atoms with E-state index < -0.39 is 6.09 Å². The summed E-state index contributed by atoms with van der Waals surface area (Å²) in [7, 11) is 0. The van der Waals surface area contributed by atoms with Crippen molar-refractivity contribution in [2.24, 2.45) is 0 Å². The highest BCUT2D eigenvalue weighted by atomic mass is 16.5. The monoisotopic (exact) mass is 349 g/mol. The molecule has 2 rings (SSSR count). The van der Waals surface area contributed by atoms with Crippen LogP contribution in [0.25, 0.3) is 0 Å². The number of likely N-dealkylation sites (tertiary alicyclic amines) is 1. The summed E-state index contributed by atoms with van der Waals surface area (Å²) in [6.07, 6.45) is 10.2. The van der Waals surface area contributed by atoms with Gasteiger partial charge < -0.3 is 20.1 Å². The van der Waals surface area contributed by atoms with E-state index in [2.05, 4.69) is 17.2 Å². The van der Waals surface area contributed by atoms with E-state index in [1.807, 2.05) is 12.1 Å². The Morgan fingerprint density at radius 3 is 2.84 bits per heavy atom. The number of amides is 1. The van der Waals surface area contributed by atoms with Crippen LogP contribution in [-0.2, 0) is 0 Å². The molecule has 0 bridgehead atoms. The van der Waals surface area contributed by atoms with E-state index >= 15 is 0 Å². The third-order valence-corrected chi connectivity index (χ3v) is 4.55. The van der Waals surface area contributed by atoms with Crippen LogP contribution in [0, 0.1) is 0 Å². The van der Waals surface area contributed by atoms with Gasteiger partial charge in [0.15, 0.2) is 0 Å². The van der Waals surface area contributed by atoms with Crippen LogP contribution in [-0.4, -0.2) is 46.8 Å². The minimum atomic E-state index is -0.849. The second-order valence-electron chi connectivity index (χ2n) is 6.71. The van der Waals surface area contributed by atoms with Gasteiger partial charge in [0.05, 0.1) is 12.8 Å². The Labute approximate surface area is 150 Å². The van der Waals surface area contributed by atoms with Gasteiger partial charge in [-0.3, -0.25) is 0 Å². The molecule has 25 heavy (non-hydrogen) atoms. The van der Waals surface area contributed by atoms with Crippen molar-refractivity contribution < 1.29 is 14.6 Å². The molecule has 2 heterocycles. The van der Waals surface area contributed by atoms with Gasteiger partial charge in [0, 0.05) is 19.1 Å². The van der Waals surface area contributed by atoms with E-state index in [4.69, 9.17) is 9.84 Å². The van der Waals surface area contributed by atoms with Crippen molar-refractivity contribution in [3.63, 3.8) is 0 Å². The molecule has 0 saturated carbocycles.